The number of phenols is 3. The van der Waals surface area contributed by atoms with E-state index in [1.54, 1.807) is 6.92 Å². The molecule has 40 heavy (non-hydrogen) atoms. The highest BCUT2D eigenvalue weighted by atomic mass is 16.6. The number of hydrogen-bond acceptors (Lipinski definition) is 9. The van der Waals surface area contributed by atoms with Crippen molar-refractivity contribution in [2.45, 2.75) is 24.2 Å². The highest BCUT2D eigenvalue weighted by molar-refractivity contribution is 6.33. The summed E-state index contributed by atoms with van der Waals surface area (Å²) in [5.74, 6) is 5.71. The highest BCUT2D eigenvalue weighted by Gasteiger charge is 2.85. The number of benzene rings is 2. The minimum absolute atomic E-state index is 0.0284. The summed E-state index contributed by atoms with van der Waals surface area (Å²) in [6.07, 6.45) is 3.04. The number of methoxy groups -OCH3 is 1. The summed E-state index contributed by atoms with van der Waals surface area (Å²) in [4.78, 5) is 40.0. The molecule has 5 aliphatic rings. The number of allylic oxidation sites excluding steroid dienone is 2. The van der Waals surface area contributed by atoms with E-state index < -0.39 is 75.0 Å². The van der Waals surface area contributed by atoms with Crippen molar-refractivity contribution in [1.82, 2.24) is 0 Å². The Morgan fingerprint density at radius 1 is 0.975 bits per heavy atom. The SMILES string of the molecule is COC1=C(C(=O)O)C(C)C23OC24c2cc(O)c5c(c2NC3C#C/C=C\C#CC14)C(=O)c1c(O)ccc(O)c1C5=O. The van der Waals surface area contributed by atoms with E-state index in [0.717, 1.165) is 12.1 Å². The van der Waals surface area contributed by atoms with Crippen LogP contribution in [0.5, 0.6) is 17.2 Å². The van der Waals surface area contributed by atoms with Crippen LogP contribution in [0.4, 0.5) is 5.69 Å². The minimum Gasteiger partial charge on any atom is -0.507 e. The molecule has 3 aliphatic carbocycles. The van der Waals surface area contributed by atoms with Crippen molar-refractivity contribution in [1.29, 1.82) is 0 Å². The van der Waals surface area contributed by atoms with Crippen molar-refractivity contribution in [2.75, 3.05) is 12.4 Å². The molecule has 5 unspecified atom stereocenters. The average molecular weight is 537 g/mol. The molecule has 2 aromatic rings. The van der Waals surface area contributed by atoms with E-state index in [1.807, 2.05) is 0 Å². The van der Waals surface area contributed by atoms with Gasteiger partial charge in [-0.2, -0.15) is 0 Å². The first kappa shape index (κ1) is 23.9. The second kappa shape index (κ2) is 7.47. The molecule has 0 amide bonds. The number of nitrogens with one attached hydrogen (secondary N) is 1. The standard InChI is InChI=1S/C30H19NO9/c1-12-19(28(37)38)27(39-2)13-7-5-3-4-6-8-18-29(12)30(13,40-29)14-11-17(34)22-23(24(14)31-18)26(36)21-16(33)10-9-15(32)20(21)25(22)35/h3-4,9-13,18,31-34H,1-2H3,(H,37,38)/b4-3-. The normalized spacial score (nSPS) is 30.5. The third kappa shape index (κ3) is 2.48. The lowest BCUT2D eigenvalue weighted by atomic mass is 9.59. The van der Waals surface area contributed by atoms with Gasteiger partial charge in [-0.05, 0) is 30.4 Å². The van der Waals surface area contributed by atoms with Crippen molar-refractivity contribution in [2.24, 2.45) is 11.8 Å². The fraction of sp³-hybridized carbons (Fsp3) is 0.233. The smallest absolute Gasteiger partial charge is 0.335 e. The van der Waals surface area contributed by atoms with Crippen LogP contribution in [0, 0.1) is 35.5 Å². The van der Waals surface area contributed by atoms with Gasteiger partial charge in [0.2, 0.25) is 11.6 Å². The summed E-state index contributed by atoms with van der Waals surface area (Å²) in [6, 6.07) is 2.60. The van der Waals surface area contributed by atoms with E-state index >= 15 is 0 Å². The first-order chi connectivity index (χ1) is 19.1. The number of anilines is 1. The van der Waals surface area contributed by atoms with Gasteiger partial charge in [0.25, 0.3) is 0 Å². The third-order valence-electron chi connectivity index (χ3n) is 8.53. The molecule has 0 aromatic heterocycles. The minimum atomic E-state index is -1.41. The summed E-state index contributed by atoms with van der Waals surface area (Å²) < 4.78 is 12.2. The Balaban J connectivity index is 1.59. The summed E-state index contributed by atoms with van der Waals surface area (Å²) in [5.41, 5.74) is -3.72. The van der Waals surface area contributed by atoms with Gasteiger partial charge in [-0.1, -0.05) is 30.6 Å². The second-order valence-corrected chi connectivity index (χ2v) is 10.1. The molecule has 5 atom stereocenters. The van der Waals surface area contributed by atoms with Crippen LogP contribution in [-0.4, -0.2) is 56.7 Å². The Kier molecular flexibility index (Phi) is 4.46. The Morgan fingerprint density at radius 2 is 1.57 bits per heavy atom. The summed E-state index contributed by atoms with van der Waals surface area (Å²) in [5, 5.41) is 45.5. The zero-order valence-corrected chi connectivity index (χ0v) is 20.9. The Morgan fingerprint density at radius 3 is 2.20 bits per heavy atom. The molecule has 2 aliphatic heterocycles. The molecule has 1 saturated heterocycles. The molecule has 7 rings (SSSR count). The molecule has 0 spiro atoms. The van der Waals surface area contributed by atoms with E-state index in [4.69, 9.17) is 9.47 Å². The molecule has 4 bridgehead atoms. The number of aliphatic carboxylic acids is 1. The number of ether oxygens (including phenoxy) is 2. The van der Waals surface area contributed by atoms with Crippen LogP contribution in [0.2, 0.25) is 0 Å². The van der Waals surface area contributed by atoms with Crippen molar-refractivity contribution in [3.8, 4) is 40.9 Å². The van der Waals surface area contributed by atoms with Gasteiger partial charge < -0.3 is 35.2 Å². The van der Waals surface area contributed by atoms with Gasteiger partial charge in [-0.15, -0.1) is 0 Å². The van der Waals surface area contributed by atoms with Gasteiger partial charge in [0.1, 0.15) is 46.2 Å². The predicted molar refractivity (Wildman–Crippen MR) is 137 cm³/mol. The van der Waals surface area contributed by atoms with Gasteiger partial charge in [0.15, 0.2) is 0 Å². The van der Waals surface area contributed by atoms with Gasteiger partial charge in [-0.25, -0.2) is 4.79 Å². The van der Waals surface area contributed by atoms with Crippen molar-refractivity contribution >= 4 is 23.2 Å². The van der Waals surface area contributed by atoms with Crippen molar-refractivity contribution < 1.29 is 44.3 Å². The van der Waals surface area contributed by atoms with Gasteiger partial charge in [0, 0.05) is 11.5 Å². The highest BCUT2D eigenvalue weighted by Crippen LogP contribution is 2.74. The van der Waals surface area contributed by atoms with Crippen LogP contribution in [0.1, 0.15) is 44.3 Å². The van der Waals surface area contributed by atoms with Crippen LogP contribution in [-0.2, 0) is 19.9 Å². The Bertz CT molecular complexity index is 1850. The fourth-order valence-corrected chi connectivity index (χ4v) is 6.93. The number of carboxylic acid groups (broad SMARTS) is 1. The molecule has 5 N–H and O–H groups in total. The number of carbonyl (C=O) groups excluding carboxylic acids is 2. The maximum Gasteiger partial charge on any atom is 0.335 e. The number of phenolic OH excluding ortho intramolecular Hbond substituents is 3. The quantitative estimate of drug-likeness (QED) is 0.186. The topological polar surface area (TPSA) is 166 Å². The lowest BCUT2D eigenvalue weighted by Gasteiger charge is -2.43. The van der Waals surface area contributed by atoms with Crippen LogP contribution in [0.15, 0.2) is 41.7 Å². The molecule has 0 radical (unpaired) electrons. The lowest BCUT2D eigenvalue weighted by molar-refractivity contribution is -0.134. The molecular formula is C30H19NO9. The van der Waals surface area contributed by atoms with Gasteiger partial charge in [-0.3, -0.25) is 9.59 Å². The zero-order chi connectivity index (χ0) is 28.3. The lowest BCUT2D eigenvalue weighted by Crippen LogP contribution is -2.55. The zero-order valence-electron chi connectivity index (χ0n) is 20.9. The van der Waals surface area contributed by atoms with Crippen LogP contribution >= 0.6 is 0 Å². The monoisotopic (exact) mass is 537 g/mol. The first-order valence-electron chi connectivity index (χ1n) is 12.3. The Labute approximate surface area is 226 Å². The van der Waals surface area contributed by atoms with E-state index in [1.165, 1.54) is 25.3 Å². The molecule has 10 heteroatoms. The number of ketones is 2. The average Bonchev–Trinajstić information content (AvgIpc) is 3.64. The molecular weight excluding hydrogens is 518 g/mol. The van der Waals surface area contributed by atoms with Crippen LogP contribution in [0.3, 0.4) is 0 Å². The largest absolute Gasteiger partial charge is 0.507 e. The van der Waals surface area contributed by atoms with Gasteiger partial charge >= 0.3 is 5.97 Å². The summed E-state index contributed by atoms with van der Waals surface area (Å²) in [6.45, 7) is 1.68. The summed E-state index contributed by atoms with van der Waals surface area (Å²) >= 11 is 0. The number of aromatic hydroxyl groups is 3. The molecule has 198 valence electrons. The number of hydrogen-bond donors (Lipinski definition) is 5. The predicted octanol–water partition coefficient (Wildman–Crippen LogP) is 2.16. The third-order valence-corrected chi connectivity index (χ3v) is 8.53. The van der Waals surface area contributed by atoms with Crippen LogP contribution < -0.4 is 5.32 Å². The van der Waals surface area contributed by atoms with E-state index in [2.05, 4.69) is 29.0 Å². The molecule has 10 nitrogen and oxygen atoms in total. The maximum atomic E-state index is 13.9. The molecule has 1 fully saturated rings. The maximum absolute atomic E-state index is 13.9. The van der Waals surface area contributed by atoms with Gasteiger partial charge in [0.05, 0.1) is 40.6 Å². The summed E-state index contributed by atoms with van der Waals surface area (Å²) in [7, 11) is 1.34. The Hall–Kier alpha value is -5.19. The van der Waals surface area contributed by atoms with E-state index in [9.17, 15) is 34.8 Å². The first-order valence-corrected chi connectivity index (χ1v) is 12.3. The number of carboxylic acids is 1. The van der Waals surface area contributed by atoms with Crippen LogP contribution in [0.25, 0.3) is 0 Å². The fourth-order valence-electron chi connectivity index (χ4n) is 6.93. The number of rotatable bonds is 2. The number of carbonyl (C=O) groups is 3. The number of epoxide rings is 1. The van der Waals surface area contributed by atoms with E-state index in [0.29, 0.717) is 0 Å². The van der Waals surface area contributed by atoms with Crippen molar-refractivity contribution in [3.63, 3.8) is 0 Å². The van der Waals surface area contributed by atoms with Crippen molar-refractivity contribution in [3.05, 3.63) is 69.5 Å². The molecule has 2 heterocycles. The molecule has 0 saturated carbocycles. The molecule has 2 aromatic carbocycles. The second-order valence-electron chi connectivity index (χ2n) is 10.1. The van der Waals surface area contributed by atoms with E-state index in [-0.39, 0.29) is 33.7 Å². The number of fused-ring (bicyclic) bond motifs is 4.